The van der Waals surface area contributed by atoms with E-state index < -0.39 is 0 Å². The molecule has 106 valence electrons. The average molecular weight is 270 g/mol. The van der Waals surface area contributed by atoms with Crippen molar-refractivity contribution < 1.29 is 4.74 Å². The predicted molar refractivity (Wildman–Crippen MR) is 78.3 cm³/mol. The summed E-state index contributed by atoms with van der Waals surface area (Å²) in [4.78, 5) is 0. The van der Waals surface area contributed by atoms with Crippen molar-refractivity contribution in [2.45, 2.75) is 49.7 Å². The van der Waals surface area contributed by atoms with E-state index in [0.29, 0.717) is 6.04 Å². The number of hydrogen-bond donors (Lipinski definition) is 1. The highest BCUT2D eigenvalue weighted by molar-refractivity contribution is 5.36. The number of nitrogens with one attached hydrogen (secondary N) is 1. The van der Waals surface area contributed by atoms with E-state index in [2.05, 4.69) is 30.4 Å². The molecule has 1 unspecified atom stereocenters. The van der Waals surface area contributed by atoms with Crippen molar-refractivity contribution in [1.82, 2.24) is 5.32 Å². The van der Waals surface area contributed by atoms with Gasteiger partial charge in [-0.1, -0.05) is 30.3 Å². The van der Waals surface area contributed by atoms with Gasteiger partial charge in [0.15, 0.2) is 0 Å². The van der Waals surface area contributed by atoms with Gasteiger partial charge in [0, 0.05) is 19.2 Å². The van der Waals surface area contributed by atoms with E-state index in [9.17, 15) is 5.26 Å². The first-order chi connectivity index (χ1) is 9.66. The summed E-state index contributed by atoms with van der Waals surface area (Å²) >= 11 is 0. The number of rotatable bonds is 4. The molecule has 1 aliphatic carbocycles. The van der Waals surface area contributed by atoms with Crippen LogP contribution in [0, 0.1) is 11.3 Å². The minimum Gasteiger partial charge on any atom is -0.374 e. The summed E-state index contributed by atoms with van der Waals surface area (Å²) in [6, 6.07) is 13.1. The first-order valence-electron chi connectivity index (χ1n) is 7.50. The van der Waals surface area contributed by atoms with Crippen molar-refractivity contribution in [3.05, 3.63) is 35.9 Å². The van der Waals surface area contributed by atoms with Crippen LogP contribution in [0.2, 0.25) is 0 Å². The highest BCUT2D eigenvalue weighted by atomic mass is 16.5. The Bertz CT molecular complexity index is 493. The first kappa shape index (κ1) is 13.6. The molecule has 0 amide bonds. The largest absolute Gasteiger partial charge is 0.374 e. The molecule has 1 aromatic carbocycles. The zero-order valence-electron chi connectivity index (χ0n) is 12.1. The Hall–Kier alpha value is -1.37. The van der Waals surface area contributed by atoms with E-state index in [1.165, 1.54) is 0 Å². The van der Waals surface area contributed by atoms with E-state index >= 15 is 0 Å². The smallest absolute Gasteiger partial charge is 0.0852 e. The Morgan fingerprint density at radius 2 is 2.10 bits per heavy atom. The first-order valence-corrected chi connectivity index (χ1v) is 7.50. The number of hydrogen-bond acceptors (Lipinski definition) is 3. The van der Waals surface area contributed by atoms with Gasteiger partial charge in [0.2, 0.25) is 0 Å². The van der Waals surface area contributed by atoms with Gasteiger partial charge < -0.3 is 10.1 Å². The molecule has 0 radical (unpaired) electrons. The molecule has 1 saturated heterocycles. The predicted octanol–water partition coefficient (Wildman–Crippen LogP) is 2.77. The summed E-state index contributed by atoms with van der Waals surface area (Å²) in [6.07, 6.45) is 4.11. The van der Waals surface area contributed by atoms with E-state index in [4.69, 9.17) is 4.74 Å². The SMILES string of the molecule is CC1(CNC2CC(C#N)(c3ccccc3)C2)CCCO1. The van der Waals surface area contributed by atoms with Crippen molar-refractivity contribution in [1.29, 1.82) is 5.26 Å². The fourth-order valence-electron chi connectivity index (χ4n) is 3.41. The van der Waals surface area contributed by atoms with Crippen molar-refractivity contribution in [3.63, 3.8) is 0 Å². The van der Waals surface area contributed by atoms with Crippen LogP contribution < -0.4 is 5.32 Å². The van der Waals surface area contributed by atoms with Gasteiger partial charge in [0.05, 0.1) is 17.1 Å². The summed E-state index contributed by atoms with van der Waals surface area (Å²) in [5, 5.41) is 13.1. The van der Waals surface area contributed by atoms with Crippen LogP contribution in [0.25, 0.3) is 0 Å². The molecule has 1 N–H and O–H groups in total. The van der Waals surface area contributed by atoms with Crippen LogP contribution >= 0.6 is 0 Å². The Morgan fingerprint density at radius 3 is 2.70 bits per heavy atom. The molecule has 1 aliphatic heterocycles. The molecule has 0 bridgehead atoms. The van der Waals surface area contributed by atoms with Crippen LogP contribution in [0.5, 0.6) is 0 Å². The maximum absolute atomic E-state index is 9.54. The summed E-state index contributed by atoms with van der Waals surface area (Å²) in [5.74, 6) is 0. The molecule has 2 fully saturated rings. The molecular formula is C17H22N2O. The van der Waals surface area contributed by atoms with Crippen LogP contribution in [0.1, 0.15) is 38.2 Å². The fourth-order valence-corrected chi connectivity index (χ4v) is 3.41. The molecule has 0 aromatic heterocycles. The van der Waals surface area contributed by atoms with Crippen LogP contribution in [0.3, 0.4) is 0 Å². The van der Waals surface area contributed by atoms with Gasteiger partial charge >= 0.3 is 0 Å². The Kier molecular flexibility index (Phi) is 3.54. The number of nitriles is 1. The lowest BCUT2D eigenvalue weighted by atomic mass is 9.62. The van der Waals surface area contributed by atoms with Gasteiger partial charge in [-0.25, -0.2) is 0 Å². The molecule has 1 atom stereocenters. The minimum atomic E-state index is -0.281. The highest BCUT2D eigenvalue weighted by Crippen LogP contribution is 2.43. The quantitative estimate of drug-likeness (QED) is 0.915. The van der Waals surface area contributed by atoms with Crippen molar-refractivity contribution in [3.8, 4) is 6.07 Å². The van der Waals surface area contributed by atoms with Crippen LogP contribution in [-0.4, -0.2) is 24.8 Å². The standard InChI is InChI=1S/C17H22N2O/c1-16(8-5-9-20-16)13-19-15-10-17(11-15,12-18)14-6-3-2-4-7-14/h2-4,6-7,15,19H,5,8-11,13H2,1H3. The normalized spacial score (nSPS) is 36.3. The molecule has 0 spiro atoms. The number of nitrogens with zero attached hydrogens (tertiary/aromatic N) is 1. The molecule has 3 rings (SSSR count). The number of benzene rings is 1. The van der Waals surface area contributed by atoms with Gasteiger partial charge in [-0.2, -0.15) is 5.26 Å². The summed E-state index contributed by atoms with van der Waals surface area (Å²) < 4.78 is 5.79. The van der Waals surface area contributed by atoms with Crippen LogP contribution in [-0.2, 0) is 10.2 Å². The van der Waals surface area contributed by atoms with Gasteiger partial charge in [0.1, 0.15) is 0 Å². The zero-order chi connectivity index (χ0) is 14.1. The lowest BCUT2D eigenvalue weighted by molar-refractivity contribution is 0.0143. The van der Waals surface area contributed by atoms with Gasteiger partial charge in [-0.3, -0.25) is 0 Å². The molecule has 3 heteroatoms. The van der Waals surface area contributed by atoms with E-state index in [0.717, 1.165) is 44.4 Å². The maximum atomic E-state index is 9.54. The van der Waals surface area contributed by atoms with E-state index in [-0.39, 0.29) is 11.0 Å². The molecule has 3 nitrogen and oxygen atoms in total. The molecule has 1 aromatic rings. The van der Waals surface area contributed by atoms with E-state index in [1.54, 1.807) is 0 Å². The Labute approximate surface area is 120 Å². The Morgan fingerprint density at radius 1 is 1.35 bits per heavy atom. The third-order valence-corrected chi connectivity index (χ3v) is 4.80. The van der Waals surface area contributed by atoms with Crippen molar-refractivity contribution in [2.75, 3.05) is 13.2 Å². The van der Waals surface area contributed by atoms with Crippen molar-refractivity contribution in [2.24, 2.45) is 0 Å². The lowest BCUT2D eigenvalue weighted by Crippen LogP contribution is -2.54. The number of ether oxygens (including phenoxy) is 1. The topological polar surface area (TPSA) is 45.0 Å². The van der Waals surface area contributed by atoms with Gasteiger partial charge in [0.25, 0.3) is 0 Å². The summed E-state index contributed by atoms with van der Waals surface area (Å²) in [7, 11) is 0. The molecule has 20 heavy (non-hydrogen) atoms. The van der Waals surface area contributed by atoms with E-state index in [1.807, 2.05) is 18.2 Å². The molecule has 2 aliphatic rings. The second kappa shape index (κ2) is 5.20. The second-order valence-electron chi connectivity index (χ2n) is 6.45. The summed E-state index contributed by atoms with van der Waals surface area (Å²) in [5.41, 5.74) is 0.873. The molecule has 1 heterocycles. The van der Waals surface area contributed by atoms with Gasteiger partial charge in [-0.05, 0) is 38.2 Å². The van der Waals surface area contributed by atoms with Crippen LogP contribution in [0.15, 0.2) is 30.3 Å². The maximum Gasteiger partial charge on any atom is 0.0852 e. The fraction of sp³-hybridized carbons (Fsp3) is 0.588. The van der Waals surface area contributed by atoms with Crippen molar-refractivity contribution >= 4 is 0 Å². The average Bonchev–Trinajstić information content (AvgIpc) is 2.86. The van der Waals surface area contributed by atoms with Crippen LogP contribution in [0.4, 0.5) is 0 Å². The third-order valence-electron chi connectivity index (χ3n) is 4.80. The third kappa shape index (κ3) is 2.46. The van der Waals surface area contributed by atoms with Gasteiger partial charge in [-0.15, -0.1) is 0 Å². The second-order valence-corrected chi connectivity index (χ2v) is 6.45. The minimum absolute atomic E-state index is 0.00234. The lowest BCUT2D eigenvalue weighted by Gasteiger charge is -2.44. The molecule has 1 saturated carbocycles. The zero-order valence-corrected chi connectivity index (χ0v) is 12.1. The molecular weight excluding hydrogens is 248 g/mol. The Balaban J connectivity index is 1.56. The highest BCUT2D eigenvalue weighted by Gasteiger charge is 2.46. The summed E-state index contributed by atoms with van der Waals surface area (Å²) in [6.45, 7) is 3.96. The monoisotopic (exact) mass is 270 g/mol.